The van der Waals surface area contributed by atoms with Gasteiger partial charge in [0.05, 0.1) is 18.5 Å². The average Bonchev–Trinajstić information content (AvgIpc) is 3.28. The van der Waals surface area contributed by atoms with Crippen LogP contribution in [0.15, 0.2) is 40.9 Å². The van der Waals surface area contributed by atoms with Gasteiger partial charge in [-0.05, 0) is 39.7 Å². The van der Waals surface area contributed by atoms with Crippen LogP contribution in [0.4, 0.5) is 10.2 Å². The molecule has 0 bridgehead atoms. The second-order valence-electron chi connectivity index (χ2n) is 7.11. The van der Waals surface area contributed by atoms with Gasteiger partial charge in [-0.25, -0.2) is 19.4 Å². The largest absolute Gasteiger partial charge is 0.354 e. The van der Waals surface area contributed by atoms with E-state index in [9.17, 15) is 4.39 Å². The average molecular weight is 415 g/mol. The van der Waals surface area contributed by atoms with Crippen molar-refractivity contribution in [1.29, 1.82) is 0 Å². The minimum absolute atomic E-state index is 0.395. The third kappa shape index (κ3) is 5.26. The number of alkyl halides is 1. The Morgan fingerprint density at radius 2 is 2.24 bits per heavy atom. The molecule has 2 aromatic rings. The predicted molar refractivity (Wildman–Crippen MR) is 119 cm³/mol. The van der Waals surface area contributed by atoms with Crippen molar-refractivity contribution in [2.45, 2.75) is 39.8 Å². The number of halogens is 1. The minimum atomic E-state index is -0.790. The molecule has 0 amide bonds. The highest BCUT2D eigenvalue weighted by molar-refractivity contribution is 7.13. The van der Waals surface area contributed by atoms with Crippen LogP contribution in [0.5, 0.6) is 0 Å². The number of rotatable bonds is 6. The summed E-state index contributed by atoms with van der Waals surface area (Å²) in [6.45, 7) is 11.2. The second kappa shape index (κ2) is 9.26. The summed E-state index contributed by atoms with van der Waals surface area (Å²) in [5, 5.41) is 4.96. The van der Waals surface area contributed by atoms with Crippen LogP contribution in [0, 0.1) is 6.92 Å². The van der Waals surface area contributed by atoms with Gasteiger partial charge in [0.15, 0.2) is 5.82 Å². The molecular weight excluding hydrogens is 387 g/mol. The van der Waals surface area contributed by atoms with Crippen molar-refractivity contribution in [2.75, 3.05) is 13.1 Å². The fourth-order valence-corrected chi connectivity index (χ4v) is 3.92. The van der Waals surface area contributed by atoms with Crippen LogP contribution < -0.4 is 0 Å². The Labute approximate surface area is 175 Å². The van der Waals surface area contributed by atoms with Gasteiger partial charge in [0.1, 0.15) is 17.0 Å². The monoisotopic (exact) mass is 414 g/mol. The number of piperidine rings is 1. The topological polar surface area (TPSA) is 58.7 Å². The highest BCUT2D eigenvalue weighted by Crippen LogP contribution is 2.29. The van der Waals surface area contributed by atoms with Crippen molar-refractivity contribution in [2.24, 2.45) is 17.0 Å². The molecule has 3 heterocycles. The summed E-state index contributed by atoms with van der Waals surface area (Å²) in [6.07, 6.45) is 8.01. The number of nitrogens with zero attached hydrogens (tertiary/aromatic N) is 6. The molecule has 2 aromatic heterocycles. The van der Waals surface area contributed by atoms with Crippen LogP contribution >= 0.6 is 11.3 Å². The third-order valence-electron chi connectivity index (χ3n) is 4.74. The quantitative estimate of drug-likeness (QED) is 0.644. The minimum Gasteiger partial charge on any atom is -0.354 e. The lowest BCUT2D eigenvalue weighted by atomic mass is 10.1. The zero-order valence-corrected chi connectivity index (χ0v) is 18.2. The summed E-state index contributed by atoms with van der Waals surface area (Å²) in [5.41, 5.74) is 2.54. The van der Waals surface area contributed by atoms with Crippen molar-refractivity contribution in [3.63, 3.8) is 0 Å². The summed E-state index contributed by atoms with van der Waals surface area (Å²) >= 11 is 1.54. The van der Waals surface area contributed by atoms with Crippen LogP contribution in [0.25, 0.3) is 5.57 Å². The van der Waals surface area contributed by atoms with Gasteiger partial charge in [-0.15, -0.1) is 11.3 Å². The van der Waals surface area contributed by atoms with Gasteiger partial charge in [-0.3, -0.25) is 4.68 Å². The van der Waals surface area contributed by atoms with E-state index in [2.05, 4.69) is 26.6 Å². The van der Waals surface area contributed by atoms with E-state index in [-0.39, 0.29) is 0 Å². The Morgan fingerprint density at radius 1 is 1.45 bits per heavy atom. The summed E-state index contributed by atoms with van der Waals surface area (Å²) < 4.78 is 15.5. The smallest absolute Gasteiger partial charge is 0.166 e. The molecule has 6 nitrogen and oxygen atoms in total. The predicted octanol–water partition coefficient (Wildman–Crippen LogP) is 4.70. The van der Waals surface area contributed by atoms with Gasteiger partial charge in [0, 0.05) is 42.0 Å². The molecule has 29 heavy (non-hydrogen) atoms. The molecular formula is C21H27FN6S. The molecule has 8 heteroatoms. The maximum Gasteiger partial charge on any atom is 0.166 e. The molecule has 3 rings (SSSR count). The number of thiazole rings is 1. The number of aryl methyl sites for hydroxylation is 2. The van der Waals surface area contributed by atoms with Gasteiger partial charge >= 0.3 is 0 Å². The first-order valence-electron chi connectivity index (χ1n) is 9.67. The fraction of sp³-hybridized carbons (Fsp3) is 0.429. The Kier molecular flexibility index (Phi) is 6.74. The van der Waals surface area contributed by atoms with E-state index in [0.717, 1.165) is 39.9 Å². The highest BCUT2D eigenvalue weighted by atomic mass is 32.1. The molecule has 0 aromatic carbocycles. The van der Waals surface area contributed by atoms with Crippen LogP contribution in [0.3, 0.4) is 0 Å². The molecule has 1 atom stereocenters. The van der Waals surface area contributed by atoms with Crippen LogP contribution in [-0.2, 0) is 7.05 Å². The third-order valence-corrected chi connectivity index (χ3v) is 5.78. The molecule has 0 spiro atoms. The first-order valence-corrected chi connectivity index (χ1v) is 10.5. The van der Waals surface area contributed by atoms with E-state index in [4.69, 9.17) is 0 Å². The van der Waals surface area contributed by atoms with E-state index in [1.165, 1.54) is 11.3 Å². The Morgan fingerprint density at radius 3 is 2.90 bits per heavy atom. The first-order chi connectivity index (χ1) is 13.9. The van der Waals surface area contributed by atoms with E-state index in [0.29, 0.717) is 24.4 Å². The zero-order chi connectivity index (χ0) is 21.0. The molecule has 0 unspecified atom stereocenters. The summed E-state index contributed by atoms with van der Waals surface area (Å²) in [4.78, 5) is 16.8. The van der Waals surface area contributed by atoms with Crippen LogP contribution in [0.1, 0.15) is 42.1 Å². The molecule has 1 aliphatic heterocycles. The first kappa shape index (κ1) is 21.1. The van der Waals surface area contributed by atoms with E-state index < -0.39 is 6.17 Å². The SMILES string of the molecule is C=C(/C=N\C(=C/C)N1CCC[C@H](F)C1)c1nc(/N=C(\C)c2cnn(C)c2)c(C)s1. The molecule has 0 radical (unpaired) electrons. The summed E-state index contributed by atoms with van der Waals surface area (Å²) in [7, 11) is 1.88. The maximum atomic E-state index is 13.7. The van der Waals surface area contributed by atoms with Gasteiger partial charge in [-0.2, -0.15) is 5.10 Å². The molecule has 1 saturated heterocycles. The van der Waals surface area contributed by atoms with Crippen LogP contribution in [-0.4, -0.2) is 50.9 Å². The summed E-state index contributed by atoms with van der Waals surface area (Å²) in [5.74, 6) is 1.45. The number of allylic oxidation sites excluding steroid dienone is 2. The lowest BCUT2D eigenvalue weighted by Crippen LogP contribution is -2.35. The molecule has 154 valence electrons. The lowest BCUT2D eigenvalue weighted by Gasteiger charge is -2.30. The van der Waals surface area contributed by atoms with E-state index in [1.807, 2.05) is 45.0 Å². The van der Waals surface area contributed by atoms with Crippen molar-refractivity contribution < 1.29 is 4.39 Å². The standard InChI is InChI=1S/C21H27FN6S/c1-6-19(28-9-7-8-18(22)13-28)23-10-14(2)21-26-20(16(4)29-21)25-15(3)17-11-24-27(5)12-17/h6,10-12,18H,2,7-9,13H2,1,3-5H3/b19-6+,23-10-,25-15+/t18-/m0/s1. The summed E-state index contributed by atoms with van der Waals surface area (Å²) in [6, 6.07) is 0. The van der Waals surface area contributed by atoms with Gasteiger partial charge in [-0.1, -0.05) is 6.58 Å². The normalized spacial score (nSPS) is 18.7. The van der Waals surface area contributed by atoms with Crippen LogP contribution in [0.2, 0.25) is 0 Å². The Hall–Kier alpha value is -2.61. The molecule has 1 fully saturated rings. The molecule has 0 saturated carbocycles. The van der Waals surface area contributed by atoms with Gasteiger partial charge in [0.25, 0.3) is 0 Å². The zero-order valence-electron chi connectivity index (χ0n) is 17.4. The maximum absolute atomic E-state index is 13.7. The van der Waals surface area contributed by atoms with E-state index in [1.54, 1.807) is 17.1 Å². The fourth-order valence-electron chi connectivity index (χ4n) is 3.13. The molecule has 0 N–H and O–H groups in total. The molecule has 0 aliphatic carbocycles. The van der Waals surface area contributed by atoms with Crippen molar-refractivity contribution in [1.82, 2.24) is 19.7 Å². The Bertz CT molecular complexity index is 968. The van der Waals surface area contributed by atoms with Crippen molar-refractivity contribution >= 4 is 34.7 Å². The van der Waals surface area contributed by atoms with Crippen molar-refractivity contribution in [3.05, 3.63) is 46.3 Å². The molecule has 1 aliphatic rings. The number of likely N-dealkylation sites (tertiary alicyclic amines) is 1. The number of aliphatic imine (C=N–C) groups is 2. The number of aromatic nitrogens is 3. The van der Waals surface area contributed by atoms with Gasteiger partial charge in [0.2, 0.25) is 0 Å². The van der Waals surface area contributed by atoms with Gasteiger partial charge < -0.3 is 4.90 Å². The van der Waals surface area contributed by atoms with Crippen molar-refractivity contribution in [3.8, 4) is 0 Å². The second-order valence-corrected chi connectivity index (χ2v) is 8.32. The Balaban J connectivity index is 1.73. The lowest BCUT2D eigenvalue weighted by molar-refractivity contribution is 0.168. The number of hydrogen-bond acceptors (Lipinski definition) is 6. The van der Waals surface area contributed by atoms with E-state index >= 15 is 0 Å². The number of hydrogen-bond donors (Lipinski definition) is 0. The highest BCUT2D eigenvalue weighted by Gasteiger charge is 2.20.